The Morgan fingerprint density at radius 3 is 1.64 bits per heavy atom. The third kappa shape index (κ3) is 6.27. The zero-order valence-corrected chi connectivity index (χ0v) is 30.3. The van der Waals surface area contributed by atoms with Gasteiger partial charge in [-0.15, -0.1) is 0 Å². The average molecular weight is 720 g/mol. The van der Waals surface area contributed by atoms with Gasteiger partial charge in [-0.3, -0.25) is 4.98 Å². The van der Waals surface area contributed by atoms with Crippen LogP contribution in [0.5, 0.6) is 0 Å². The number of para-hydroxylation sites is 2. The molecule has 3 heterocycles. The number of amidine groups is 1. The SMILES string of the molecule is C=C(N=C(N=Cc1ccccc1)c1cccc(-c2ccncc2)c1)c1cc(-c2ccc3oc4ccccc4c3c2)cc(-c2ccc3oc4ccccc4c3c2)c1. The Labute approximate surface area is 323 Å². The second-order valence-corrected chi connectivity index (χ2v) is 13.8. The highest BCUT2D eigenvalue weighted by Gasteiger charge is 2.15. The van der Waals surface area contributed by atoms with Crippen molar-refractivity contribution in [1.29, 1.82) is 0 Å². The molecule has 0 unspecified atom stereocenters. The summed E-state index contributed by atoms with van der Waals surface area (Å²) in [6.07, 6.45) is 5.45. The van der Waals surface area contributed by atoms with Crippen molar-refractivity contribution >= 4 is 61.6 Å². The highest BCUT2D eigenvalue weighted by Crippen LogP contribution is 2.38. The number of fused-ring (bicyclic) bond motifs is 6. The molecule has 0 aliphatic heterocycles. The van der Waals surface area contributed by atoms with Crippen LogP contribution in [0.1, 0.15) is 16.7 Å². The first-order chi connectivity index (χ1) is 27.6. The van der Waals surface area contributed by atoms with Crippen LogP contribution in [0.25, 0.3) is 83.0 Å². The molecule has 0 bridgehead atoms. The van der Waals surface area contributed by atoms with E-state index in [1.807, 2.05) is 97.2 Å². The van der Waals surface area contributed by atoms with Crippen LogP contribution >= 0.6 is 0 Å². The summed E-state index contributed by atoms with van der Waals surface area (Å²) in [5.41, 5.74) is 13.1. The van der Waals surface area contributed by atoms with E-state index in [1.165, 1.54) is 0 Å². The molecule has 5 nitrogen and oxygen atoms in total. The molecule has 0 saturated heterocycles. The molecule has 10 aromatic rings. The summed E-state index contributed by atoms with van der Waals surface area (Å²) in [6, 6.07) is 58.0. The fraction of sp³-hybridized carbons (Fsp3) is 0. The Morgan fingerprint density at radius 1 is 0.446 bits per heavy atom. The highest BCUT2D eigenvalue weighted by atomic mass is 16.3. The lowest BCUT2D eigenvalue weighted by molar-refractivity contribution is 0.668. The summed E-state index contributed by atoms with van der Waals surface area (Å²) in [5, 5.41) is 4.31. The van der Waals surface area contributed by atoms with Gasteiger partial charge in [0.05, 0.1) is 5.70 Å². The molecule has 0 fully saturated rings. The maximum atomic E-state index is 6.19. The molecule has 7 aromatic carbocycles. The molecule has 10 rings (SSSR count). The molecule has 0 N–H and O–H groups in total. The van der Waals surface area contributed by atoms with Crippen LogP contribution in [0.3, 0.4) is 0 Å². The molecule has 0 spiro atoms. The molecule has 56 heavy (non-hydrogen) atoms. The third-order valence-electron chi connectivity index (χ3n) is 10.2. The number of hydrogen-bond acceptors (Lipinski definition) is 4. The maximum Gasteiger partial charge on any atom is 0.159 e. The van der Waals surface area contributed by atoms with Crippen LogP contribution in [-0.2, 0) is 0 Å². The lowest BCUT2D eigenvalue weighted by Crippen LogP contribution is -2.00. The number of rotatable bonds is 7. The van der Waals surface area contributed by atoms with Gasteiger partial charge in [0.2, 0.25) is 0 Å². The van der Waals surface area contributed by atoms with Gasteiger partial charge in [-0.05, 0) is 112 Å². The van der Waals surface area contributed by atoms with Gasteiger partial charge < -0.3 is 8.83 Å². The van der Waals surface area contributed by atoms with Gasteiger partial charge in [0.1, 0.15) is 22.3 Å². The lowest BCUT2D eigenvalue weighted by Gasteiger charge is -2.12. The van der Waals surface area contributed by atoms with Crippen molar-refractivity contribution in [3.63, 3.8) is 0 Å². The van der Waals surface area contributed by atoms with E-state index in [1.54, 1.807) is 12.4 Å². The molecule has 0 amide bonds. The van der Waals surface area contributed by atoms with Crippen LogP contribution in [0.15, 0.2) is 208 Å². The molecule has 264 valence electrons. The number of benzene rings is 7. The Kier molecular flexibility index (Phi) is 8.23. The number of nitrogens with zero attached hydrogens (tertiary/aromatic N) is 3. The van der Waals surface area contributed by atoms with Crippen LogP contribution < -0.4 is 0 Å². The lowest BCUT2D eigenvalue weighted by atomic mass is 9.94. The van der Waals surface area contributed by atoms with E-state index in [0.717, 1.165) is 93.9 Å². The number of furan rings is 2. The molecule has 3 aromatic heterocycles. The Bertz CT molecular complexity index is 3020. The molecule has 0 aliphatic carbocycles. The standard InChI is InChI=1S/C51H33N3O2/c1-33(54-51(53-32-34-10-3-2-4-11-34)39-13-9-12-36(26-39)35-22-24-52-25-23-35)40-27-41(37-18-20-49-45(30-37)43-14-5-7-16-47(43)55-49)29-42(28-40)38-19-21-50-46(31-38)44-15-6-8-17-48(44)56-50/h2-32H,1H2. The minimum atomic E-state index is 0.555. The predicted octanol–water partition coefficient (Wildman–Crippen LogP) is 13.4. The van der Waals surface area contributed by atoms with Crippen molar-refractivity contribution in [2.45, 2.75) is 0 Å². The Hall–Kier alpha value is -7.63. The zero-order chi connectivity index (χ0) is 37.4. The minimum absolute atomic E-state index is 0.555. The predicted molar refractivity (Wildman–Crippen MR) is 231 cm³/mol. The third-order valence-corrected chi connectivity index (χ3v) is 10.2. The molecular formula is C51H33N3O2. The van der Waals surface area contributed by atoms with Gasteiger partial charge >= 0.3 is 0 Å². The molecule has 5 heteroatoms. The molecule has 0 aliphatic rings. The normalized spacial score (nSPS) is 12.0. The topological polar surface area (TPSA) is 63.9 Å². The van der Waals surface area contributed by atoms with Crippen molar-refractivity contribution in [2.75, 3.05) is 0 Å². The van der Waals surface area contributed by atoms with Crippen molar-refractivity contribution in [1.82, 2.24) is 4.98 Å². The summed E-state index contributed by atoms with van der Waals surface area (Å²) in [7, 11) is 0. The maximum absolute atomic E-state index is 6.19. The Balaban J connectivity index is 1.13. The van der Waals surface area contributed by atoms with Crippen LogP contribution in [-0.4, -0.2) is 17.0 Å². The Morgan fingerprint density at radius 2 is 1.00 bits per heavy atom. The van der Waals surface area contributed by atoms with Crippen LogP contribution in [0.2, 0.25) is 0 Å². The van der Waals surface area contributed by atoms with Gasteiger partial charge in [-0.25, -0.2) is 9.98 Å². The first-order valence-corrected chi connectivity index (χ1v) is 18.5. The fourth-order valence-corrected chi connectivity index (χ4v) is 7.36. The first-order valence-electron chi connectivity index (χ1n) is 18.5. The van der Waals surface area contributed by atoms with E-state index in [0.29, 0.717) is 11.5 Å². The van der Waals surface area contributed by atoms with E-state index >= 15 is 0 Å². The van der Waals surface area contributed by atoms with E-state index in [4.69, 9.17) is 18.8 Å². The van der Waals surface area contributed by atoms with Crippen molar-refractivity contribution in [2.24, 2.45) is 9.98 Å². The number of hydrogen-bond donors (Lipinski definition) is 0. The summed E-state index contributed by atoms with van der Waals surface area (Å²) in [6.45, 7) is 4.56. The van der Waals surface area contributed by atoms with Gasteiger partial charge in [0, 0.05) is 51.3 Å². The van der Waals surface area contributed by atoms with E-state index < -0.39 is 0 Å². The van der Waals surface area contributed by atoms with Crippen LogP contribution in [0, 0.1) is 0 Å². The van der Waals surface area contributed by atoms with Gasteiger partial charge in [0.25, 0.3) is 0 Å². The zero-order valence-electron chi connectivity index (χ0n) is 30.3. The summed E-state index contributed by atoms with van der Waals surface area (Å²) >= 11 is 0. The van der Waals surface area contributed by atoms with E-state index in [2.05, 4.69) is 90.4 Å². The van der Waals surface area contributed by atoms with Crippen molar-refractivity contribution < 1.29 is 8.83 Å². The average Bonchev–Trinajstić information content (AvgIpc) is 3.83. The minimum Gasteiger partial charge on any atom is -0.456 e. The van der Waals surface area contributed by atoms with Crippen molar-refractivity contribution in [3.05, 3.63) is 206 Å². The number of aromatic nitrogens is 1. The van der Waals surface area contributed by atoms with Crippen LogP contribution in [0.4, 0.5) is 0 Å². The summed E-state index contributed by atoms with van der Waals surface area (Å²) in [4.78, 5) is 14.4. The summed E-state index contributed by atoms with van der Waals surface area (Å²) < 4.78 is 12.4. The van der Waals surface area contributed by atoms with Gasteiger partial charge in [-0.2, -0.15) is 0 Å². The quantitative estimate of drug-likeness (QED) is 0.122. The molecule has 0 saturated carbocycles. The fourth-order valence-electron chi connectivity index (χ4n) is 7.36. The van der Waals surface area contributed by atoms with Gasteiger partial charge in [-0.1, -0.05) is 104 Å². The second-order valence-electron chi connectivity index (χ2n) is 13.8. The first kappa shape index (κ1) is 33.0. The molecule has 0 atom stereocenters. The highest BCUT2D eigenvalue weighted by molar-refractivity contribution is 6.09. The summed E-state index contributed by atoms with van der Waals surface area (Å²) in [5.74, 6) is 0.555. The number of pyridine rings is 1. The smallest absolute Gasteiger partial charge is 0.159 e. The van der Waals surface area contributed by atoms with Crippen molar-refractivity contribution in [3.8, 4) is 33.4 Å². The van der Waals surface area contributed by atoms with E-state index in [-0.39, 0.29) is 0 Å². The molecular weight excluding hydrogens is 687 g/mol. The number of aliphatic imine (C=N–C) groups is 2. The molecule has 0 radical (unpaired) electrons. The monoisotopic (exact) mass is 719 g/mol. The largest absolute Gasteiger partial charge is 0.456 e. The van der Waals surface area contributed by atoms with Gasteiger partial charge in [0.15, 0.2) is 5.84 Å². The van der Waals surface area contributed by atoms with E-state index in [9.17, 15) is 0 Å². The second kappa shape index (κ2) is 14.0.